The molecule has 0 fully saturated rings. The molecule has 0 atom stereocenters. The van der Waals surface area contributed by atoms with E-state index in [2.05, 4.69) is 60.7 Å². The second kappa shape index (κ2) is 5.53. The van der Waals surface area contributed by atoms with E-state index < -0.39 is 0 Å². The van der Waals surface area contributed by atoms with Crippen LogP contribution in [0.2, 0.25) is 0 Å². The van der Waals surface area contributed by atoms with Gasteiger partial charge in [0, 0.05) is 17.4 Å². The Hall–Kier alpha value is -2.80. The van der Waals surface area contributed by atoms with Gasteiger partial charge in [0.05, 0.1) is 0 Å². The maximum Gasteiger partial charge on any atom is 0.134 e. The van der Waals surface area contributed by atoms with Crippen LogP contribution in [0.4, 0.5) is 0 Å². The first-order valence-electron chi connectivity index (χ1n) is 7.51. The predicted molar refractivity (Wildman–Crippen MR) is 90.9 cm³/mol. The van der Waals surface area contributed by atoms with Gasteiger partial charge in [-0.15, -0.1) is 0 Å². The highest BCUT2D eigenvalue weighted by molar-refractivity contribution is 5.95. The van der Waals surface area contributed by atoms with E-state index in [4.69, 9.17) is 4.42 Å². The van der Waals surface area contributed by atoms with Gasteiger partial charge in [-0.1, -0.05) is 78.9 Å². The summed E-state index contributed by atoms with van der Waals surface area (Å²) in [6, 6.07) is 29.2. The Labute approximate surface area is 129 Å². The fourth-order valence-electron chi connectivity index (χ4n) is 2.92. The topological polar surface area (TPSA) is 13.1 Å². The zero-order chi connectivity index (χ0) is 14.8. The molecule has 0 amide bonds. The fraction of sp³-hybridized carbons (Fsp3) is 0.0476. The van der Waals surface area contributed by atoms with Crippen molar-refractivity contribution >= 4 is 11.0 Å². The molecule has 3 aromatic carbocycles. The molecule has 22 heavy (non-hydrogen) atoms. The smallest absolute Gasteiger partial charge is 0.134 e. The minimum atomic E-state index is 0.805. The molecule has 4 aromatic rings. The summed E-state index contributed by atoms with van der Waals surface area (Å²) >= 11 is 0. The van der Waals surface area contributed by atoms with Gasteiger partial charge in [-0.3, -0.25) is 0 Å². The first-order chi connectivity index (χ1) is 10.9. The van der Waals surface area contributed by atoms with E-state index >= 15 is 0 Å². The lowest BCUT2D eigenvalue weighted by Crippen LogP contribution is -1.88. The summed E-state index contributed by atoms with van der Waals surface area (Å²) in [7, 11) is 0. The second-order valence-corrected chi connectivity index (χ2v) is 5.42. The lowest BCUT2D eigenvalue weighted by Gasteiger charge is -2.04. The standard InChI is InChI=1S/C21H16O/c1-3-9-16(10-4-1)15-20-21(17-11-5-2-6-12-17)18-13-7-8-14-19(18)22-20/h1-14H,15H2. The SMILES string of the molecule is c1ccc(Cc2oc3ccccc3c2-c2ccccc2)cc1. The van der Waals surface area contributed by atoms with E-state index in [-0.39, 0.29) is 0 Å². The van der Waals surface area contributed by atoms with Crippen molar-refractivity contribution in [2.75, 3.05) is 0 Å². The Morgan fingerprint density at radius 1 is 0.636 bits per heavy atom. The Kier molecular flexibility index (Phi) is 3.24. The molecule has 0 N–H and O–H groups in total. The van der Waals surface area contributed by atoms with Gasteiger partial charge in [-0.05, 0) is 17.2 Å². The summed E-state index contributed by atoms with van der Waals surface area (Å²) < 4.78 is 6.16. The van der Waals surface area contributed by atoms with Gasteiger partial charge in [0.2, 0.25) is 0 Å². The maximum absolute atomic E-state index is 6.16. The van der Waals surface area contributed by atoms with Crippen molar-refractivity contribution < 1.29 is 4.42 Å². The van der Waals surface area contributed by atoms with Crippen molar-refractivity contribution in [3.8, 4) is 11.1 Å². The Morgan fingerprint density at radius 3 is 2.05 bits per heavy atom. The van der Waals surface area contributed by atoms with Gasteiger partial charge in [-0.25, -0.2) is 0 Å². The van der Waals surface area contributed by atoms with E-state index in [1.165, 1.54) is 22.1 Å². The lowest BCUT2D eigenvalue weighted by molar-refractivity contribution is 0.564. The molecule has 0 bridgehead atoms. The first kappa shape index (κ1) is 12.9. The molecule has 1 heterocycles. The van der Waals surface area contributed by atoms with Gasteiger partial charge in [-0.2, -0.15) is 0 Å². The highest BCUT2D eigenvalue weighted by atomic mass is 16.3. The molecule has 0 saturated carbocycles. The monoisotopic (exact) mass is 284 g/mol. The third-order valence-corrected chi connectivity index (χ3v) is 3.94. The molecule has 0 aliphatic heterocycles. The molecule has 0 spiro atoms. The summed E-state index contributed by atoms with van der Waals surface area (Å²) in [6.07, 6.45) is 0.805. The normalized spacial score (nSPS) is 10.9. The summed E-state index contributed by atoms with van der Waals surface area (Å²) in [5.41, 5.74) is 4.63. The first-order valence-corrected chi connectivity index (χ1v) is 7.51. The van der Waals surface area contributed by atoms with Crippen molar-refractivity contribution in [2.45, 2.75) is 6.42 Å². The zero-order valence-corrected chi connectivity index (χ0v) is 12.2. The average molecular weight is 284 g/mol. The fourth-order valence-corrected chi connectivity index (χ4v) is 2.92. The molecule has 1 aromatic heterocycles. The van der Waals surface area contributed by atoms with Gasteiger partial charge in [0.1, 0.15) is 11.3 Å². The molecule has 0 aliphatic carbocycles. The second-order valence-electron chi connectivity index (χ2n) is 5.42. The Bertz CT molecular complexity index is 889. The van der Waals surface area contributed by atoms with Gasteiger partial charge in [0.25, 0.3) is 0 Å². The van der Waals surface area contributed by atoms with Crippen molar-refractivity contribution in [1.82, 2.24) is 0 Å². The molecular weight excluding hydrogens is 268 g/mol. The molecular formula is C21H16O. The van der Waals surface area contributed by atoms with Gasteiger partial charge in [0.15, 0.2) is 0 Å². The van der Waals surface area contributed by atoms with Crippen molar-refractivity contribution in [1.29, 1.82) is 0 Å². The summed E-state index contributed by atoms with van der Waals surface area (Å²) in [4.78, 5) is 0. The highest BCUT2D eigenvalue weighted by Crippen LogP contribution is 2.35. The zero-order valence-electron chi connectivity index (χ0n) is 12.2. The minimum Gasteiger partial charge on any atom is -0.460 e. The van der Waals surface area contributed by atoms with E-state index in [0.717, 1.165) is 17.8 Å². The number of hydrogen-bond acceptors (Lipinski definition) is 1. The third kappa shape index (κ3) is 2.31. The number of hydrogen-bond donors (Lipinski definition) is 0. The van der Waals surface area contributed by atoms with Gasteiger partial charge < -0.3 is 4.42 Å². The highest BCUT2D eigenvalue weighted by Gasteiger charge is 2.15. The van der Waals surface area contributed by atoms with Crippen LogP contribution in [-0.2, 0) is 6.42 Å². The van der Waals surface area contributed by atoms with Gasteiger partial charge >= 0.3 is 0 Å². The van der Waals surface area contributed by atoms with Crippen LogP contribution in [0, 0.1) is 0 Å². The van der Waals surface area contributed by atoms with Crippen LogP contribution in [0.1, 0.15) is 11.3 Å². The minimum absolute atomic E-state index is 0.805. The summed E-state index contributed by atoms with van der Waals surface area (Å²) in [5.74, 6) is 1.03. The summed E-state index contributed by atoms with van der Waals surface area (Å²) in [5, 5.41) is 1.18. The van der Waals surface area contributed by atoms with E-state index in [0.29, 0.717) is 0 Å². The third-order valence-electron chi connectivity index (χ3n) is 3.94. The molecule has 1 nitrogen and oxygen atoms in total. The molecule has 0 saturated heterocycles. The molecule has 4 rings (SSSR count). The van der Waals surface area contributed by atoms with Crippen LogP contribution in [0.15, 0.2) is 89.3 Å². The van der Waals surface area contributed by atoms with E-state index in [1.54, 1.807) is 0 Å². The maximum atomic E-state index is 6.16. The molecule has 0 aliphatic rings. The number of para-hydroxylation sites is 1. The molecule has 0 unspecified atom stereocenters. The van der Waals surface area contributed by atoms with Crippen molar-refractivity contribution in [3.05, 3.63) is 96.3 Å². The largest absolute Gasteiger partial charge is 0.460 e. The number of fused-ring (bicyclic) bond motifs is 1. The van der Waals surface area contributed by atoms with Crippen LogP contribution in [0.3, 0.4) is 0 Å². The Morgan fingerprint density at radius 2 is 1.27 bits per heavy atom. The van der Waals surface area contributed by atoms with E-state index in [9.17, 15) is 0 Å². The molecule has 1 heteroatoms. The van der Waals surface area contributed by atoms with Crippen LogP contribution < -0.4 is 0 Å². The van der Waals surface area contributed by atoms with Crippen LogP contribution in [-0.4, -0.2) is 0 Å². The van der Waals surface area contributed by atoms with Crippen molar-refractivity contribution in [2.24, 2.45) is 0 Å². The van der Waals surface area contributed by atoms with E-state index in [1.807, 2.05) is 24.3 Å². The van der Waals surface area contributed by atoms with Crippen LogP contribution >= 0.6 is 0 Å². The van der Waals surface area contributed by atoms with Crippen molar-refractivity contribution in [3.63, 3.8) is 0 Å². The molecule has 106 valence electrons. The lowest BCUT2D eigenvalue weighted by atomic mass is 9.99. The number of rotatable bonds is 3. The molecule has 0 radical (unpaired) electrons. The van der Waals surface area contributed by atoms with Crippen LogP contribution in [0.5, 0.6) is 0 Å². The Balaban J connectivity index is 1.90. The number of benzene rings is 3. The number of furan rings is 1. The van der Waals surface area contributed by atoms with Crippen LogP contribution in [0.25, 0.3) is 22.1 Å². The average Bonchev–Trinajstić information content (AvgIpc) is 2.94. The summed E-state index contributed by atoms with van der Waals surface area (Å²) in [6.45, 7) is 0. The predicted octanol–water partition coefficient (Wildman–Crippen LogP) is 5.69. The quantitative estimate of drug-likeness (QED) is 0.471.